The standard InChI is InChI=1S/C20H19N3O/c24-20(23-22-14-6-9-16-7-2-1-3-8-16)13-12-17-15-21-19-11-5-4-10-18(17)19/h1-11,14-15,21H,12-13H2,(H,23,24). The SMILES string of the molecule is O=C(CCc1c[nH]c2ccccc12)NN=CC=Cc1ccccc1. The van der Waals surface area contributed by atoms with Gasteiger partial charge in [0.1, 0.15) is 0 Å². The Morgan fingerprint density at radius 3 is 2.75 bits per heavy atom. The van der Waals surface area contributed by atoms with Crippen LogP contribution in [-0.4, -0.2) is 17.1 Å². The number of nitrogens with one attached hydrogen (secondary N) is 2. The third-order valence-corrected chi connectivity index (χ3v) is 3.73. The summed E-state index contributed by atoms with van der Waals surface area (Å²) in [5, 5.41) is 5.10. The molecule has 0 aliphatic carbocycles. The zero-order chi connectivity index (χ0) is 16.6. The maximum absolute atomic E-state index is 11.8. The van der Waals surface area contributed by atoms with Crippen molar-refractivity contribution >= 4 is 29.1 Å². The number of hydrogen-bond donors (Lipinski definition) is 2. The highest BCUT2D eigenvalue weighted by molar-refractivity contribution is 5.84. The number of allylic oxidation sites excluding steroid dienone is 1. The van der Waals surface area contributed by atoms with E-state index in [0.29, 0.717) is 12.8 Å². The maximum atomic E-state index is 11.8. The Morgan fingerprint density at radius 1 is 1.08 bits per heavy atom. The molecular formula is C20H19N3O. The number of fused-ring (bicyclic) bond motifs is 1. The van der Waals surface area contributed by atoms with Crippen LogP contribution < -0.4 is 5.43 Å². The summed E-state index contributed by atoms with van der Waals surface area (Å²) >= 11 is 0. The third-order valence-electron chi connectivity index (χ3n) is 3.73. The van der Waals surface area contributed by atoms with Crippen LogP contribution in [0.2, 0.25) is 0 Å². The van der Waals surface area contributed by atoms with Gasteiger partial charge in [0.2, 0.25) is 5.91 Å². The first kappa shape index (κ1) is 15.7. The molecule has 0 fully saturated rings. The lowest BCUT2D eigenvalue weighted by molar-refractivity contribution is -0.121. The minimum Gasteiger partial charge on any atom is -0.361 e. The number of hydrogen-bond acceptors (Lipinski definition) is 2. The molecule has 0 unspecified atom stereocenters. The molecule has 0 aliphatic rings. The number of carbonyl (C=O) groups excluding carboxylic acids is 1. The molecule has 1 heterocycles. The summed E-state index contributed by atoms with van der Waals surface area (Å²) in [5.74, 6) is -0.0929. The van der Waals surface area contributed by atoms with Gasteiger partial charge in [0.25, 0.3) is 0 Å². The van der Waals surface area contributed by atoms with E-state index >= 15 is 0 Å². The van der Waals surface area contributed by atoms with Gasteiger partial charge in [-0.25, -0.2) is 5.43 Å². The smallest absolute Gasteiger partial charge is 0.240 e. The molecule has 0 saturated heterocycles. The van der Waals surface area contributed by atoms with Crippen LogP contribution in [0.1, 0.15) is 17.5 Å². The van der Waals surface area contributed by atoms with Crippen molar-refractivity contribution in [2.45, 2.75) is 12.8 Å². The van der Waals surface area contributed by atoms with E-state index in [-0.39, 0.29) is 5.91 Å². The number of H-pyrrole nitrogens is 1. The third kappa shape index (κ3) is 4.20. The van der Waals surface area contributed by atoms with Gasteiger partial charge in [-0.1, -0.05) is 54.6 Å². The Hall–Kier alpha value is -3.14. The molecule has 0 radical (unpaired) electrons. The fourth-order valence-corrected chi connectivity index (χ4v) is 2.51. The molecule has 3 aromatic rings. The quantitative estimate of drug-likeness (QED) is 0.525. The molecular weight excluding hydrogens is 298 g/mol. The number of hydrazone groups is 1. The highest BCUT2D eigenvalue weighted by Crippen LogP contribution is 2.18. The second-order valence-corrected chi connectivity index (χ2v) is 5.44. The van der Waals surface area contributed by atoms with E-state index < -0.39 is 0 Å². The van der Waals surface area contributed by atoms with Gasteiger partial charge in [-0.2, -0.15) is 5.10 Å². The number of aromatic amines is 1. The zero-order valence-electron chi connectivity index (χ0n) is 13.3. The van der Waals surface area contributed by atoms with Crippen LogP contribution in [0.5, 0.6) is 0 Å². The van der Waals surface area contributed by atoms with Crippen molar-refractivity contribution in [3.8, 4) is 0 Å². The molecule has 2 aromatic carbocycles. The summed E-state index contributed by atoms with van der Waals surface area (Å²) in [4.78, 5) is 15.1. The highest BCUT2D eigenvalue weighted by atomic mass is 16.2. The molecule has 24 heavy (non-hydrogen) atoms. The van der Waals surface area contributed by atoms with Crippen molar-refractivity contribution in [3.63, 3.8) is 0 Å². The van der Waals surface area contributed by atoms with Gasteiger partial charge in [0, 0.05) is 29.7 Å². The van der Waals surface area contributed by atoms with Crippen LogP contribution in [0.4, 0.5) is 0 Å². The number of nitrogens with zero attached hydrogens (tertiary/aromatic N) is 1. The Kier molecular flexibility index (Phi) is 5.20. The molecule has 3 rings (SSSR count). The first-order valence-corrected chi connectivity index (χ1v) is 7.91. The maximum Gasteiger partial charge on any atom is 0.240 e. The van der Waals surface area contributed by atoms with Gasteiger partial charge in [0.05, 0.1) is 0 Å². The number of benzene rings is 2. The summed E-state index contributed by atoms with van der Waals surface area (Å²) in [5.41, 5.74) is 5.88. The number of para-hydroxylation sites is 1. The molecule has 120 valence electrons. The molecule has 0 spiro atoms. The van der Waals surface area contributed by atoms with Gasteiger partial charge in [0.15, 0.2) is 0 Å². The molecule has 1 aromatic heterocycles. The predicted molar refractivity (Wildman–Crippen MR) is 98.7 cm³/mol. The number of carbonyl (C=O) groups is 1. The summed E-state index contributed by atoms with van der Waals surface area (Å²) in [6, 6.07) is 18.0. The fourth-order valence-electron chi connectivity index (χ4n) is 2.51. The first-order chi connectivity index (χ1) is 11.8. The summed E-state index contributed by atoms with van der Waals surface area (Å²) in [6.07, 6.45) is 8.37. The minimum atomic E-state index is -0.0929. The number of aryl methyl sites for hydroxylation is 1. The Morgan fingerprint density at radius 2 is 1.88 bits per heavy atom. The monoisotopic (exact) mass is 317 g/mol. The van der Waals surface area contributed by atoms with Crippen LogP contribution in [0.3, 0.4) is 0 Å². The van der Waals surface area contributed by atoms with Gasteiger partial charge >= 0.3 is 0 Å². The average Bonchev–Trinajstić information content (AvgIpc) is 3.04. The summed E-state index contributed by atoms with van der Waals surface area (Å²) < 4.78 is 0. The van der Waals surface area contributed by atoms with Crippen LogP contribution in [0.25, 0.3) is 17.0 Å². The predicted octanol–water partition coefficient (Wildman–Crippen LogP) is 3.92. The van der Waals surface area contributed by atoms with Crippen molar-refractivity contribution in [2.75, 3.05) is 0 Å². The average molecular weight is 317 g/mol. The Balaban J connectivity index is 1.46. The summed E-state index contributed by atoms with van der Waals surface area (Å²) in [6.45, 7) is 0. The number of rotatable bonds is 6. The van der Waals surface area contributed by atoms with E-state index in [1.54, 1.807) is 12.3 Å². The summed E-state index contributed by atoms with van der Waals surface area (Å²) in [7, 11) is 0. The Labute approximate surface area is 140 Å². The molecule has 4 nitrogen and oxygen atoms in total. The van der Waals surface area contributed by atoms with Crippen molar-refractivity contribution < 1.29 is 4.79 Å². The van der Waals surface area contributed by atoms with Crippen molar-refractivity contribution in [1.29, 1.82) is 0 Å². The van der Waals surface area contributed by atoms with Gasteiger partial charge in [-0.15, -0.1) is 0 Å². The second kappa shape index (κ2) is 7.92. The Bertz CT molecular complexity index is 863. The highest BCUT2D eigenvalue weighted by Gasteiger charge is 2.05. The zero-order valence-corrected chi connectivity index (χ0v) is 13.3. The van der Waals surface area contributed by atoms with Gasteiger partial charge < -0.3 is 4.98 Å². The van der Waals surface area contributed by atoms with E-state index in [1.807, 2.05) is 60.8 Å². The number of amides is 1. The molecule has 2 N–H and O–H groups in total. The van der Waals surface area contributed by atoms with Crippen LogP contribution in [0, 0.1) is 0 Å². The molecule has 1 amide bonds. The molecule has 0 atom stereocenters. The van der Waals surface area contributed by atoms with Crippen molar-refractivity contribution in [3.05, 3.63) is 78.0 Å². The molecule has 0 saturated carbocycles. The number of aromatic nitrogens is 1. The van der Waals surface area contributed by atoms with Crippen LogP contribution in [0.15, 0.2) is 72.0 Å². The lowest BCUT2D eigenvalue weighted by Crippen LogP contribution is -2.17. The van der Waals surface area contributed by atoms with E-state index in [9.17, 15) is 4.79 Å². The van der Waals surface area contributed by atoms with Gasteiger partial charge in [-0.05, 0) is 29.7 Å². The van der Waals surface area contributed by atoms with Crippen molar-refractivity contribution in [1.82, 2.24) is 10.4 Å². The minimum absolute atomic E-state index is 0.0929. The van der Waals surface area contributed by atoms with E-state index in [2.05, 4.69) is 21.6 Å². The van der Waals surface area contributed by atoms with Crippen molar-refractivity contribution in [2.24, 2.45) is 5.10 Å². The lowest BCUT2D eigenvalue weighted by Gasteiger charge is -1.99. The topological polar surface area (TPSA) is 57.2 Å². The van der Waals surface area contributed by atoms with Gasteiger partial charge in [-0.3, -0.25) is 4.79 Å². The molecule has 0 aliphatic heterocycles. The van der Waals surface area contributed by atoms with E-state index in [1.165, 1.54) is 5.39 Å². The van der Waals surface area contributed by atoms with E-state index in [0.717, 1.165) is 16.6 Å². The second-order valence-electron chi connectivity index (χ2n) is 5.44. The van der Waals surface area contributed by atoms with Crippen LogP contribution >= 0.6 is 0 Å². The fraction of sp³-hybridized carbons (Fsp3) is 0.100. The lowest BCUT2D eigenvalue weighted by atomic mass is 10.1. The van der Waals surface area contributed by atoms with Crippen LogP contribution in [-0.2, 0) is 11.2 Å². The van der Waals surface area contributed by atoms with E-state index in [4.69, 9.17) is 0 Å². The first-order valence-electron chi connectivity index (χ1n) is 7.91. The molecule has 0 bridgehead atoms. The largest absolute Gasteiger partial charge is 0.361 e. The normalized spacial score (nSPS) is 11.5. The molecule has 4 heteroatoms.